The van der Waals surface area contributed by atoms with Crippen LogP contribution in [-0.2, 0) is 11.2 Å². The lowest BCUT2D eigenvalue weighted by Gasteiger charge is -2.16. The normalized spacial score (nSPS) is 15.9. The summed E-state index contributed by atoms with van der Waals surface area (Å²) in [4.78, 5) is 10.7. The first-order valence-corrected chi connectivity index (χ1v) is 6.14. The van der Waals surface area contributed by atoms with Gasteiger partial charge in [0.15, 0.2) is 16.6 Å². The van der Waals surface area contributed by atoms with Crippen molar-refractivity contribution in [3.8, 4) is 11.5 Å². The lowest BCUT2D eigenvalue weighted by atomic mass is 10.1. The van der Waals surface area contributed by atoms with Crippen LogP contribution in [0.5, 0.6) is 11.5 Å². The zero-order valence-corrected chi connectivity index (χ0v) is 10.9. The second-order valence-electron chi connectivity index (χ2n) is 4.63. The van der Waals surface area contributed by atoms with Crippen molar-refractivity contribution in [2.24, 2.45) is 0 Å². The summed E-state index contributed by atoms with van der Waals surface area (Å²) in [5.74, 6) is 0.982. The molecule has 17 heavy (non-hydrogen) atoms. The predicted octanol–water partition coefficient (Wildman–Crippen LogP) is 2.97. The van der Waals surface area contributed by atoms with Gasteiger partial charge in [0, 0.05) is 20.3 Å². The van der Waals surface area contributed by atoms with Crippen molar-refractivity contribution in [1.29, 1.82) is 0 Å². The van der Waals surface area contributed by atoms with Crippen LogP contribution in [0.1, 0.15) is 32.3 Å². The Balaban J connectivity index is 2.01. The van der Waals surface area contributed by atoms with Gasteiger partial charge < -0.3 is 9.47 Å². The third-order valence-corrected chi connectivity index (χ3v) is 2.80. The standard InChI is InChI=1S/C13H16O3S/c1-13(2)15-10-7-6-9(8-11(10)16-13)4-3-5-12(14)17/h6-8H,3-5H2,1-2H3,(H,14,17). The SMILES string of the molecule is CC1(C)Oc2ccc(CCCC(=O)S)cc2O1. The maximum atomic E-state index is 10.7. The number of rotatable bonds is 4. The number of hydrogen-bond acceptors (Lipinski definition) is 3. The lowest BCUT2D eigenvalue weighted by molar-refractivity contribution is -0.110. The number of hydrogen-bond donors (Lipinski definition) is 1. The van der Waals surface area contributed by atoms with Gasteiger partial charge in [0.25, 0.3) is 0 Å². The summed E-state index contributed by atoms with van der Waals surface area (Å²) in [6, 6.07) is 5.90. The van der Waals surface area contributed by atoms with E-state index in [0.29, 0.717) is 6.42 Å². The number of thiol groups is 1. The van der Waals surface area contributed by atoms with Crippen molar-refractivity contribution in [2.75, 3.05) is 0 Å². The Morgan fingerprint density at radius 1 is 1.29 bits per heavy atom. The van der Waals surface area contributed by atoms with Gasteiger partial charge in [-0.1, -0.05) is 6.07 Å². The van der Waals surface area contributed by atoms with Crippen molar-refractivity contribution in [2.45, 2.75) is 38.9 Å². The highest BCUT2D eigenvalue weighted by Gasteiger charge is 2.31. The molecule has 1 aliphatic rings. The fourth-order valence-corrected chi connectivity index (χ4v) is 2.02. The molecule has 0 aromatic heterocycles. The van der Waals surface area contributed by atoms with Crippen molar-refractivity contribution < 1.29 is 14.3 Å². The second kappa shape index (κ2) is 4.61. The van der Waals surface area contributed by atoms with Crippen LogP contribution in [-0.4, -0.2) is 10.9 Å². The molecule has 4 heteroatoms. The number of ether oxygens (including phenoxy) is 2. The lowest BCUT2D eigenvalue weighted by Crippen LogP contribution is -2.29. The highest BCUT2D eigenvalue weighted by atomic mass is 32.1. The Bertz CT molecular complexity index is 440. The summed E-state index contributed by atoms with van der Waals surface area (Å²) in [5.41, 5.74) is 1.15. The number of aryl methyl sites for hydroxylation is 1. The molecule has 0 amide bonds. The van der Waals surface area contributed by atoms with Crippen LogP contribution in [0.4, 0.5) is 0 Å². The largest absolute Gasteiger partial charge is 0.449 e. The van der Waals surface area contributed by atoms with Gasteiger partial charge in [-0.25, -0.2) is 0 Å². The van der Waals surface area contributed by atoms with Crippen molar-refractivity contribution in [3.05, 3.63) is 23.8 Å². The minimum atomic E-state index is -0.581. The Kier molecular flexibility index (Phi) is 3.33. The van der Waals surface area contributed by atoms with E-state index in [0.717, 1.165) is 29.9 Å². The maximum absolute atomic E-state index is 10.7. The molecule has 0 bridgehead atoms. The molecule has 0 N–H and O–H groups in total. The van der Waals surface area contributed by atoms with E-state index in [1.165, 1.54) is 0 Å². The third kappa shape index (κ3) is 3.16. The Hall–Kier alpha value is -1.16. The molecule has 1 aliphatic heterocycles. The predicted molar refractivity (Wildman–Crippen MR) is 68.7 cm³/mol. The monoisotopic (exact) mass is 252 g/mol. The molecule has 0 atom stereocenters. The Labute approximate surface area is 107 Å². The molecule has 2 rings (SSSR count). The third-order valence-electron chi connectivity index (χ3n) is 2.58. The molecule has 1 aromatic carbocycles. The fraction of sp³-hybridized carbons (Fsp3) is 0.462. The molecule has 0 unspecified atom stereocenters. The van der Waals surface area contributed by atoms with Crippen LogP contribution in [0, 0.1) is 0 Å². The van der Waals surface area contributed by atoms with Crippen LogP contribution in [0.2, 0.25) is 0 Å². The summed E-state index contributed by atoms with van der Waals surface area (Å²) >= 11 is 3.75. The molecule has 1 heterocycles. The quantitative estimate of drug-likeness (QED) is 0.837. The Morgan fingerprint density at radius 3 is 2.71 bits per heavy atom. The van der Waals surface area contributed by atoms with Crippen LogP contribution >= 0.6 is 12.6 Å². The highest BCUT2D eigenvalue weighted by molar-refractivity contribution is 7.96. The molecule has 0 aliphatic carbocycles. The van der Waals surface area contributed by atoms with Gasteiger partial charge in [0.1, 0.15) is 0 Å². The van der Waals surface area contributed by atoms with Gasteiger partial charge in [-0.2, -0.15) is 0 Å². The highest BCUT2D eigenvalue weighted by Crippen LogP contribution is 2.39. The zero-order chi connectivity index (χ0) is 12.5. The van der Waals surface area contributed by atoms with E-state index in [2.05, 4.69) is 12.6 Å². The van der Waals surface area contributed by atoms with Gasteiger partial charge in [-0.15, -0.1) is 12.6 Å². The van der Waals surface area contributed by atoms with Crippen molar-refractivity contribution >= 4 is 17.7 Å². The zero-order valence-electron chi connectivity index (χ0n) is 10.0. The molecule has 1 aromatic rings. The molecular weight excluding hydrogens is 236 g/mol. The van der Waals surface area contributed by atoms with Crippen molar-refractivity contribution in [3.63, 3.8) is 0 Å². The molecular formula is C13H16O3S. The molecule has 0 spiro atoms. The molecule has 3 nitrogen and oxygen atoms in total. The molecule has 0 fully saturated rings. The molecule has 0 saturated heterocycles. The fourth-order valence-electron chi connectivity index (χ4n) is 1.87. The first-order chi connectivity index (χ1) is 7.96. The van der Waals surface area contributed by atoms with Crippen LogP contribution in [0.15, 0.2) is 18.2 Å². The molecule has 0 radical (unpaired) electrons. The van der Waals surface area contributed by atoms with Crippen LogP contribution in [0.25, 0.3) is 0 Å². The van der Waals surface area contributed by atoms with Gasteiger partial charge in [-0.05, 0) is 30.5 Å². The minimum absolute atomic E-state index is 0.0631. The van der Waals surface area contributed by atoms with E-state index < -0.39 is 5.79 Å². The van der Waals surface area contributed by atoms with Gasteiger partial charge in [-0.3, -0.25) is 4.79 Å². The molecule has 0 saturated carbocycles. The van der Waals surface area contributed by atoms with Gasteiger partial charge in [0.05, 0.1) is 0 Å². The molecule has 92 valence electrons. The first kappa shape index (κ1) is 12.3. The number of fused-ring (bicyclic) bond motifs is 1. The summed E-state index contributed by atoms with van der Waals surface area (Å²) in [7, 11) is 0. The van der Waals surface area contributed by atoms with Crippen LogP contribution in [0.3, 0.4) is 0 Å². The van der Waals surface area contributed by atoms with E-state index in [1.54, 1.807) is 0 Å². The average molecular weight is 252 g/mol. The topological polar surface area (TPSA) is 35.5 Å². The van der Waals surface area contributed by atoms with E-state index in [-0.39, 0.29) is 5.12 Å². The summed E-state index contributed by atoms with van der Waals surface area (Å²) in [6.45, 7) is 3.76. The van der Waals surface area contributed by atoms with Gasteiger partial charge in [0.2, 0.25) is 5.79 Å². The van der Waals surface area contributed by atoms with E-state index >= 15 is 0 Å². The summed E-state index contributed by atoms with van der Waals surface area (Å²) in [6.07, 6.45) is 2.16. The smallest absolute Gasteiger partial charge is 0.246 e. The number of carbonyl (C=O) groups is 1. The summed E-state index contributed by atoms with van der Waals surface area (Å²) in [5, 5.41) is -0.0631. The van der Waals surface area contributed by atoms with Gasteiger partial charge >= 0.3 is 0 Å². The second-order valence-corrected chi connectivity index (χ2v) is 5.13. The minimum Gasteiger partial charge on any atom is -0.449 e. The maximum Gasteiger partial charge on any atom is 0.246 e. The van der Waals surface area contributed by atoms with Crippen LogP contribution < -0.4 is 9.47 Å². The summed E-state index contributed by atoms with van der Waals surface area (Å²) < 4.78 is 11.3. The number of carbonyl (C=O) groups excluding carboxylic acids is 1. The van der Waals surface area contributed by atoms with E-state index in [9.17, 15) is 4.79 Å². The average Bonchev–Trinajstić information content (AvgIpc) is 2.50. The number of benzene rings is 1. The first-order valence-electron chi connectivity index (χ1n) is 5.69. The Morgan fingerprint density at radius 2 is 2.00 bits per heavy atom. The van der Waals surface area contributed by atoms with Crippen molar-refractivity contribution in [1.82, 2.24) is 0 Å². The van der Waals surface area contributed by atoms with E-state index in [1.807, 2.05) is 32.0 Å². The van der Waals surface area contributed by atoms with E-state index in [4.69, 9.17) is 9.47 Å².